The van der Waals surface area contributed by atoms with E-state index in [9.17, 15) is 14.3 Å². The molecule has 1 rings (SSSR count). The largest absolute Gasteiger partial charge is 0.486 e. The van der Waals surface area contributed by atoms with E-state index >= 15 is 0 Å². The van der Waals surface area contributed by atoms with Crippen molar-refractivity contribution in [2.75, 3.05) is 19.7 Å². The van der Waals surface area contributed by atoms with Gasteiger partial charge in [-0.1, -0.05) is 29.9 Å². The number of rotatable bonds is 12. The number of carbonyl (C=O) groups excluding carboxylic acids is 1. The van der Waals surface area contributed by atoms with E-state index in [1.165, 1.54) is 12.1 Å². The second-order valence-corrected chi connectivity index (χ2v) is 6.15. The molecule has 0 radical (unpaired) electrons. The molecule has 0 saturated heterocycles. The summed E-state index contributed by atoms with van der Waals surface area (Å²) >= 11 is 0. The highest BCUT2D eigenvalue weighted by atomic mass is 19.1. The van der Waals surface area contributed by atoms with Crippen LogP contribution in [0.15, 0.2) is 54.7 Å². The Hall–Kier alpha value is -2.24. The first kappa shape index (κ1) is 21.8. The molecule has 26 heavy (non-hydrogen) atoms. The number of carbonyl (C=O) groups is 1. The predicted octanol–water partition coefficient (Wildman–Crippen LogP) is 3.83. The summed E-state index contributed by atoms with van der Waals surface area (Å²) in [6.07, 6.45) is 7.12. The first-order valence-electron chi connectivity index (χ1n) is 8.69. The standard InChI is InChI=1S/C21H28FNO3/c1-4-5-10-23-11-6-7-12-26-21-9-8-17(14-19(21)22)20(25)15-18(24)13-16(2)3/h4,6-9,13-14,18,23-24H,1,5,10-12,15H2,2-3H3. The zero-order chi connectivity index (χ0) is 19.4. The van der Waals surface area contributed by atoms with Crippen LogP contribution in [0.25, 0.3) is 0 Å². The summed E-state index contributed by atoms with van der Waals surface area (Å²) < 4.78 is 19.4. The summed E-state index contributed by atoms with van der Waals surface area (Å²) in [5.41, 5.74) is 1.14. The lowest BCUT2D eigenvalue weighted by Crippen LogP contribution is -2.14. The highest BCUT2D eigenvalue weighted by molar-refractivity contribution is 5.96. The highest BCUT2D eigenvalue weighted by Crippen LogP contribution is 2.20. The van der Waals surface area contributed by atoms with Crippen molar-refractivity contribution in [2.24, 2.45) is 0 Å². The zero-order valence-corrected chi connectivity index (χ0v) is 15.5. The number of aliphatic hydroxyl groups excluding tert-OH is 1. The van der Waals surface area contributed by atoms with Crippen molar-refractivity contribution < 1.29 is 19.0 Å². The number of allylic oxidation sites excluding steroid dienone is 1. The third kappa shape index (κ3) is 8.74. The second kappa shape index (κ2) is 12.2. The maximum atomic E-state index is 14.1. The van der Waals surface area contributed by atoms with Gasteiger partial charge in [0.25, 0.3) is 0 Å². The number of nitrogens with one attached hydrogen (secondary N) is 1. The molecule has 0 fully saturated rings. The molecule has 1 atom stereocenters. The van der Waals surface area contributed by atoms with E-state index in [0.29, 0.717) is 6.54 Å². The van der Waals surface area contributed by atoms with Crippen molar-refractivity contribution in [1.29, 1.82) is 0 Å². The fraction of sp³-hybridized carbons (Fsp3) is 0.381. The van der Waals surface area contributed by atoms with E-state index in [0.717, 1.165) is 24.6 Å². The predicted molar refractivity (Wildman–Crippen MR) is 103 cm³/mol. The number of ether oxygens (including phenoxy) is 1. The van der Waals surface area contributed by atoms with Crippen LogP contribution in [0.2, 0.25) is 0 Å². The minimum atomic E-state index is -0.864. The minimum absolute atomic E-state index is 0.0770. The second-order valence-electron chi connectivity index (χ2n) is 6.15. The number of ketones is 1. The summed E-state index contributed by atoms with van der Waals surface area (Å²) in [5.74, 6) is -0.813. The maximum Gasteiger partial charge on any atom is 0.165 e. The molecule has 0 bridgehead atoms. The van der Waals surface area contributed by atoms with Crippen LogP contribution in [0.3, 0.4) is 0 Å². The summed E-state index contributed by atoms with van der Waals surface area (Å²) in [6, 6.07) is 4.09. The van der Waals surface area contributed by atoms with Gasteiger partial charge in [-0.25, -0.2) is 4.39 Å². The molecule has 0 saturated carbocycles. The lowest BCUT2D eigenvalue weighted by Gasteiger charge is -2.08. The SMILES string of the molecule is C=CCCNCC=CCOc1ccc(C(=O)CC(O)C=C(C)C)cc1F. The number of Topliss-reactive ketones (excluding diaryl/α,β-unsaturated/α-hetero) is 1. The molecule has 0 aliphatic rings. The normalized spacial score (nSPS) is 12.0. The van der Waals surface area contributed by atoms with E-state index in [1.807, 2.05) is 26.0 Å². The Bertz CT molecular complexity index is 649. The van der Waals surface area contributed by atoms with Gasteiger partial charge in [0.05, 0.1) is 6.10 Å². The van der Waals surface area contributed by atoms with E-state index < -0.39 is 11.9 Å². The first-order valence-corrected chi connectivity index (χ1v) is 8.69. The minimum Gasteiger partial charge on any atom is -0.486 e. The van der Waals surface area contributed by atoms with Crippen molar-refractivity contribution in [1.82, 2.24) is 5.32 Å². The molecule has 0 aliphatic heterocycles. The van der Waals surface area contributed by atoms with Gasteiger partial charge in [0, 0.05) is 18.5 Å². The van der Waals surface area contributed by atoms with Crippen molar-refractivity contribution >= 4 is 5.78 Å². The summed E-state index contributed by atoms with van der Waals surface area (Å²) in [7, 11) is 0. The fourth-order valence-corrected chi connectivity index (χ4v) is 2.22. The van der Waals surface area contributed by atoms with Gasteiger partial charge < -0.3 is 15.2 Å². The Morgan fingerprint density at radius 1 is 1.38 bits per heavy atom. The molecule has 142 valence electrons. The summed E-state index contributed by atoms with van der Waals surface area (Å²) in [6.45, 7) is 9.13. The van der Waals surface area contributed by atoms with E-state index in [4.69, 9.17) is 4.74 Å². The lowest BCUT2D eigenvalue weighted by molar-refractivity contribution is 0.0921. The molecule has 1 aromatic rings. The third-order valence-electron chi connectivity index (χ3n) is 3.46. The molecule has 0 aliphatic carbocycles. The van der Waals surface area contributed by atoms with E-state index in [2.05, 4.69) is 11.9 Å². The van der Waals surface area contributed by atoms with Gasteiger partial charge in [0.1, 0.15) is 6.61 Å². The Morgan fingerprint density at radius 2 is 2.15 bits per heavy atom. The van der Waals surface area contributed by atoms with Crippen molar-refractivity contribution in [3.63, 3.8) is 0 Å². The van der Waals surface area contributed by atoms with Crippen LogP contribution >= 0.6 is 0 Å². The topological polar surface area (TPSA) is 58.6 Å². The molecule has 1 aromatic carbocycles. The third-order valence-corrected chi connectivity index (χ3v) is 3.46. The lowest BCUT2D eigenvalue weighted by atomic mass is 10.0. The molecule has 0 spiro atoms. The Balaban J connectivity index is 2.48. The number of hydrogen-bond acceptors (Lipinski definition) is 4. The zero-order valence-electron chi connectivity index (χ0n) is 15.5. The molecule has 0 amide bonds. The number of benzene rings is 1. The molecular formula is C21H28FNO3. The van der Waals surface area contributed by atoms with Gasteiger partial charge in [-0.05, 0) is 45.0 Å². The smallest absolute Gasteiger partial charge is 0.165 e. The van der Waals surface area contributed by atoms with Gasteiger partial charge in [0.15, 0.2) is 17.3 Å². The maximum absolute atomic E-state index is 14.1. The first-order chi connectivity index (χ1) is 12.4. The van der Waals surface area contributed by atoms with Crippen LogP contribution in [0, 0.1) is 5.82 Å². The number of aliphatic hydroxyl groups is 1. The van der Waals surface area contributed by atoms with Gasteiger partial charge in [-0.2, -0.15) is 0 Å². The number of halogens is 1. The van der Waals surface area contributed by atoms with Crippen LogP contribution in [-0.2, 0) is 0 Å². The van der Waals surface area contributed by atoms with Crippen molar-refractivity contribution in [3.05, 3.63) is 66.0 Å². The van der Waals surface area contributed by atoms with E-state index in [-0.39, 0.29) is 30.1 Å². The Kier molecular flexibility index (Phi) is 10.2. The molecule has 0 aromatic heterocycles. The van der Waals surface area contributed by atoms with Crippen LogP contribution < -0.4 is 10.1 Å². The number of hydrogen-bond donors (Lipinski definition) is 2. The van der Waals surface area contributed by atoms with Crippen molar-refractivity contribution in [2.45, 2.75) is 32.8 Å². The molecule has 1 unspecified atom stereocenters. The Labute approximate surface area is 155 Å². The van der Waals surface area contributed by atoms with Gasteiger partial charge >= 0.3 is 0 Å². The van der Waals surface area contributed by atoms with Gasteiger partial charge in [-0.15, -0.1) is 6.58 Å². The quantitative estimate of drug-likeness (QED) is 0.337. The van der Waals surface area contributed by atoms with Crippen LogP contribution in [-0.4, -0.2) is 36.7 Å². The average Bonchev–Trinajstić information content (AvgIpc) is 2.57. The van der Waals surface area contributed by atoms with Gasteiger partial charge in [0.2, 0.25) is 0 Å². The van der Waals surface area contributed by atoms with Crippen molar-refractivity contribution in [3.8, 4) is 5.75 Å². The summed E-state index contributed by atoms with van der Waals surface area (Å²) in [5, 5.41) is 13.0. The van der Waals surface area contributed by atoms with Crippen LogP contribution in [0.4, 0.5) is 4.39 Å². The van der Waals surface area contributed by atoms with Gasteiger partial charge in [-0.3, -0.25) is 4.79 Å². The van der Waals surface area contributed by atoms with E-state index in [1.54, 1.807) is 12.2 Å². The molecule has 2 N–H and O–H groups in total. The monoisotopic (exact) mass is 361 g/mol. The molecule has 4 nitrogen and oxygen atoms in total. The highest BCUT2D eigenvalue weighted by Gasteiger charge is 2.13. The fourth-order valence-electron chi connectivity index (χ4n) is 2.22. The molecule has 0 heterocycles. The molecule has 5 heteroatoms. The average molecular weight is 361 g/mol. The summed E-state index contributed by atoms with van der Waals surface area (Å²) in [4.78, 5) is 12.1. The van der Waals surface area contributed by atoms with Crippen LogP contribution in [0.1, 0.15) is 37.0 Å². The Morgan fingerprint density at radius 3 is 2.81 bits per heavy atom. The molecular weight excluding hydrogens is 333 g/mol. The van der Waals surface area contributed by atoms with Crippen LogP contribution in [0.5, 0.6) is 5.75 Å².